The van der Waals surface area contributed by atoms with Gasteiger partial charge < -0.3 is 5.32 Å². The largest absolute Gasteiger partial charge is 0.326 e. The van der Waals surface area contributed by atoms with Gasteiger partial charge in [0.1, 0.15) is 4.32 Å². The van der Waals surface area contributed by atoms with Gasteiger partial charge in [-0.05, 0) is 35.9 Å². The zero-order valence-corrected chi connectivity index (χ0v) is 17.9. The van der Waals surface area contributed by atoms with Crippen LogP contribution in [0, 0.1) is 0 Å². The third-order valence-electron chi connectivity index (χ3n) is 3.74. The number of halogens is 2. The molecule has 0 saturated carbocycles. The molecule has 3 rings (SSSR count). The Bertz CT molecular complexity index is 949. The molecule has 1 N–H and O–H groups in total. The van der Waals surface area contributed by atoms with Crippen LogP contribution in [-0.4, -0.2) is 27.6 Å². The lowest BCUT2D eigenvalue weighted by Gasteiger charge is -2.14. The van der Waals surface area contributed by atoms with Crippen molar-refractivity contribution in [2.24, 2.45) is 0 Å². The van der Waals surface area contributed by atoms with Gasteiger partial charge in [0, 0.05) is 28.1 Å². The Kier molecular flexibility index (Phi) is 6.70. The van der Waals surface area contributed by atoms with E-state index in [1.807, 2.05) is 36.4 Å². The fraction of sp³-hybridized carbons (Fsp3) is 0.105. The standard InChI is InChI=1S/C19H14BrClN2O2S2/c20-13-5-3-6-14(11-13)22-17(24)8-9-23-18(25)16(27-19(23)26)10-12-4-1-2-7-15(12)21/h1-7,10-11H,8-9H2,(H,22,24)/b16-10-. The summed E-state index contributed by atoms with van der Waals surface area (Å²) in [6.07, 6.45) is 1.88. The smallest absolute Gasteiger partial charge is 0.266 e. The molecule has 0 spiro atoms. The summed E-state index contributed by atoms with van der Waals surface area (Å²) in [5.74, 6) is -0.391. The highest BCUT2D eigenvalue weighted by atomic mass is 79.9. The predicted octanol–water partition coefficient (Wildman–Crippen LogP) is 5.33. The zero-order valence-electron chi connectivity index (χ0n) is 13.9. The van der Waals surface area contributed by atoms with Gasteiger partial charge in [-0.2, -0.15) is 0 Å². The van der Waals surface area contributed by atoms with Crippen LogP contribution in [0.15, 0.2) is 57.9 Å². The molecule has 1 saturated heterocycles. The molecule has 8 heteroatoms. The highest BCUT2D eigenvalue weighted by molar-refractivity contribution is 9.10. The summed E-state index contributed by atoms with van der Waals surface area (Å²) in [5.41, 5.74) is 1.45. The number of nitrogens with one attached hydrogen (secondary N) is 1. The fourth-order valence-corrected chi connectivity index (χ4v) is 4.32. The maximum Gasteiger partial charge on any atom is 0.266 e. The first-order valence-corrected chi connectivity index (χ1v) is 10.4. The molecule has 0 unspecified atom stereocenters. The molecule has 2 amide bonds. The van der Waals surface area contributed by atoms with Crippen LogP contribution in [0.4, 0.5) is 5.69 Å². The Morgan fingerprint density at radius 3 is 2.78 bits per heavy atom. The van der Waals surface area contributed by atoms with Crippen LogP contribution in [0.2, 0.25) is 5.02 Å². The van der Waals surface area contributed by atoms with Crippen LogP contribution in [0.1, 0.15) is 12.0 Å². The molecule has 1 heterocycles. The van der Waals surface area contributed by atoms with E-state index in [4.69, 9.17) is 23.8 Å². The zero-order chi connectivity index (χ0) is 19.4. The van der Waals surface area contributed by atoms with Crippen molar-refractivity contribution in [1.82, 2.24) is 4.90 Å². The maximum atomic E-state index is 12.6. The van der Waals surface area contributed by atoms with E-state index >= 15 is 0 Å². The molecule has 2 aromatic rings. The quantitative estimate of drug-likeness (QED) is 0.463. The van der Waals surface area contributed by atoms with Gasteiger partial charge in [0.25, 0.3) is 5.91 Å². The molecular formula is C19H14BrClN2O2S2. The second-order valence-corrected chi connectivity index (χ2v) is 8.66. The number of rotatable bonds is 5. The average molecular weight is 482 g/mol. The lowest BCUT2D eigenvalue weighted by molar-refractivity contribution is -0.122. The van der Waals surface area contributed by atoms with Gasteiger partial charge in [0.2, 0.25) is 5.91 Å². The van der Waals surface area contributed by atoms with Crippen LogP contribution < -0.4 is 5.32 Å². The molecule has 4 nitrogen and oxygen atoms in total. The summed E-state index contributed by atoms with van der Waals surface area (Å²) < 4.78 is 1.32. The van der Waals surface area contributed by atoms with Crippen LogP contribution in [0.25, 0.3) is 6.08 Å². The van der Waals surface area contributed by atoms with Crippen LogP contribution in [0.3, 0.4) is 0 Å². The van der Waals surface area contributed by atoms with E-state index < -0.39 is 0 Å². The number of nitrogens with zero attached hydrogens (tertiary/aromatic N) is 1. The number of carbonyl (C=O) groups excluding carboxylic acids is 2. The van der Waals surface area contributed by atoms with Crippen LogP contribution in [0.5, 0.6) is 0 Å². The van der Waals surface area contributed by atoms with Gasteiger partial charge in [0.15, 0.2) is 0 Å². The summed E-state index contributed by atoms with van der Waals surface area (Å²) in [6, 6.07) is 14.6. The lowest BCUT2D eigenvalue weighted by atomic mass is 10.2. The molecule has 0 bridgehead atoms. The van der Waals surface area contributed by atoms with E-state index in [1.165, 1.54) is 16.7 Å². The predicted molar refractivity (Wildman–Crippen MR) is 119 cm³/mol. The molecule has 0 aromatic heterocycles. The Balaban J connectivity index is 1.62. The third-order valence-corrected chi connectivity index (χ3v) is 5.95. The minimum Gasteiger partial charge on any atom is -0.326 e. The molecule has 27 heavy (non-hydrogen) atoms. The van der Waals surface area contributed by atoms with Gasteiger partial charge in [-0.25, -0.2) is 0 Å². The first-order chi connectivity index (χ1) is 12.9. The van der Waals surface area contributed by atoms with E-state index in [-0.39, 0.29) is 24.8 Å². The third kappa shape index (κ3) is 5.19. The normalized spacial score (nSPS) is 15.5. The van der Waals surface area contributed by atoms with Gasteiger partial charge in [-0.3, -0.25) is 14.5 Å². The van der Waals surface area contributed by atoms with Crippen molar-refractivity contribution in [2.45, 2.75) is 6.42 Å². The molecule has 1 aliphatic heterocycles. The first-order valence-electron chi connectivity index (χ1n) is 7.99. The van der Waals surface area contributed by atoms with Crippen molar-refractivity contribution in [3.8, 4) is 0 Å². The van der Waals surface area contributed by atoms with Gasteiger partial charge in [0.05, 0.1) is 4.91 Å². The van der Waals surface area contributed by atoms with E-state index in [2.05, 4.69) is 21.2 Å². The van der Waals surface area contributed by atoms with E-state index in [9.17, 15) is 9.59 Å². The maximum absolute atomic E-state index is 12.6. The molecule has 0 aliphatic carbocycles. The SMILES string of the molecule is O=C(CCN1C(=O)/C(=C/c2ccccc2Cl)SC1=S)Nc1cccc(Br)c1. The minimum absolute atomic E-state index is 0.151. The van der Waals surface area contributed by atoms with Gasteiger partial charge in [-0.1, -0.05) is 75.8 Å². The second-order valence-electron chi connectivity index (χ2n) is 5.66. The molecule has 1 fully saturated rings. The number of carbonyl (C=O) groups is 2. The number of anilines is 1. The van der Waals surface area contributed by atoms with Crippen LogP contribution in [-0.2, 0) is 9.59 Å². The fourth-order valence-electron chi connectivity index (χ4n) is 2.43. The summed E-state index contributed by atoms with van der Waals surface area (Å²) in [4.78, 5) is 26.7. The minimum atomic E-state index is -0.208. The monoisotopic (exact) mass is 480 g/mol. The highest BCUT2D eigenvalue weighted by Gasteiger charge is 2.32. The van der Waals surface area contributed by atoms with E-state index in [0.717, 1.165) is 10.0 Å². The second kappa shape index (κ2) is 9.01. The average Bonchev–Trinajstić information content (AvgIpc) is 2.88. The Hall–Kier alpha value is -1.67. The summed E-state index contributed by atoms with van der Waals surface area (Å²) in [5, 5.41) is 3.37. The Morgan fingerprint density at radius 1 is 1.26 bits per heavy atom. The number of hydrogen-bond acceptors (Lipinski definition) is 4. The molecule has 0 radical (unpaired) electrons. The van der Waals surface area contributed by atoms with Crippen molar-refractivity contribution >= 4 is 79.4 Å². The van der Waals surface area contributed by atoms with Gasteiger partial charge in [-0.15, -0.1) is 0 Å². The van der Waals surface area contributed by atoms with E-state index in [0.29, 0.717) is 19.9 Å². The summed E-state index contributed by atoms with van der Waals surface area (Å²) in [7, 11) is 0. The first kappa shape index (κ1) is 20.1. The molecular weight excluding hydrogens is 468 g/mol. The summed E-state index contributed by atoms with van der Waals surface area (Å²) >= 11 is 16.0. The molecule has 138 valence electrons. The van der Waals surface area contributed by atoms with Crippen LogP contribution >= 0.6 is 51.5 Å². The van der Waals surface area contributed by atoms with Crippen molar-refractivity contribution in [3.63, 3.8) is 0 Å². The van der Waals surface area contributed by atoms with Crippen molar-refractivity contribution in [1.29, 1.82) is 0 Å². The van der Waals surface area contributed by atoms with E-state index in [1.54, 1.807) is 18.2 Å². The number of amides is 2. The van der Waals surface area contributed by atoms with Gasteiger partial charge >= 0.3 is 0 Å². The number of thiocarbonyl (C=S) groups is 1. The Labute approximate surface area is 180 Å². The number of thioether (sulfide) groups is 1. The van der Waals surface area contributed by atoms with Crippen molar-refractivity contribution < 1.29 is 9.59 Å². The lowest BCUT2D eigenvalue weighted by Crippen LogP contribution is -2.31. The number of hydrogen-bond donors (Lipinski definition) is 1. The van der Waals surface area contributed by atoms with Crippen molar-refractivity contribution in [2.75, 3.05) is 11.9 Å². The summed E-state index contributed by atoms with van der Waals surface area (Å²) in [6.45, 7) is 0.227. The topological polar surface area (TPSA) is 49.4 Å². The molecule has 2 aromatic carbocycles. The molecule has 0 atom stereocenters. The van der Waals surface area contributed by atoms with Crippen molar-refractivity contribution in [3.05, 3.63) is 68.5 Å². The highest BCUT2D eigenvalue weighted by Crippen LogP contribution is 2.33. The number of benzene rings is 2. The molecule has 1 aliphatic rings. The Morgan fingerprint density at radius 2 is 2.04 bits per heavy atom.